The summed E-state index contributed by atoms with van der Waals surface area (Å²) in [6.07, 6.45) is 0.273. The lowest BCUT2D eigenvalue weighted by Gasteiger charge is -2.30. The van der Waals surface area contributed by atoms with Crippen molar-refractivity contribution in [3.8, 4) is 5.75 Å². The zero-order valence-corrected chi connectivity index (χ0v) is 14.4. The molecule has 0 spiro atoms. The fraction of sp³-hybridized carbons (Fsp3) is 0.588. The summed E-state index contributed by atoms with van der Waals surface area (Å²) in [6, 6.07) is 5.42. The molecule has 0 aliphatic carbocycles. The quantitative estimate of drug-likeness (QED) is 0.798. The van der Waals surface area contributed by atoms with Crippen LogP contribution in [0.4, 0.5) is 0 Å². The minimum Gasteiger partial charge on any atom is -0.508 e. The lowest BCUT2D eigenvalue weighted by Crippen LogP contribution is -2.32. The highest BCUT2D eigenvalue weighted by molar-refractivity contribution is 5.73. The predicted molar refractivity (Wildman–Crippen MR) is 88.0 cm³/mol. The number of aromatic hydroxyl groups is 1. The van der Waals surface area contributed by atoms with Crippen LogP contribution in [0.5, 0.6) is 5.75 Å². The maximum absolute atomic E-state index is 10.4. The normalized spacial score (nSPS) is 13.0. The number of aliphatic carboxylic acids is 1. The van der Waals surface area contributed by atoms with Gasteiger partial charge < -0.3 is 20.7 Å². The average Bonchev–Trinajstić information content (AvgIpc) is 2.28. The molecule has 1 aromatic carbocycles. The van der Waals surface area contributed by atoms with Crippen molar-refractivity contribution >= 4 is 5.97 Å². The van der Waals surface area contributed by atoms with E-state index < -0.39 is 12.0 Å². The number of carboxylic acid groups (broad SMARTS) is 1. The van der Waals surface area contributed by atoms with Crippen LogP contribution in [0, 0.1) is 0 Å². The number of hydrogen-bond donors (Lipinski definition) is 3. The number of phenols is 1. The Hall–Kier alpha value is -1.59. The van der Waals surface area contributed by atoms with E-state index in [4.69, 9.17) is 20.7 Å². The van der Waals surface area contributed by atoms with E-state index in [1.165, 1.54) is 12.1 Å². The molecule has 4 N–H and O–H groups in total. The van der Waals surface area contributed by atoms with E-state index in [-0.39, 0.29) is 23.4 Å². The Bertz CT molecular complexity index is 443. The first-order valence-electron chi connectivity index (χ1n) is 7.26. The molecule has 126 valence electrons. The third-order valence-corrected chi connectivity index (χ3v) is 2.32. The Morgan fingerprint density at radius 1 is 1.09 bits per heavy atom. The maximum atomic E-state index is 10.4. The van der Waals surface area contributed by atoms with Crippen molar-refractivity contribution in [2.24, 2.45) is 5.73 Å². The number of phenolic OH excluding ortho intramolecular Hbond substituents is 1. The topological polar surface area (TPSA) is 92.8 Å². The second-order valence-corrected chi connectivity index (χ2v) is 7.14. The molecule has 0 saturated heterocycles. The lowest BCUT2D eigenvalue weighted by atomic mass is 10.1. The lowest BCUT2D eigenvalue weighted by molar-refractivity contribution is -0.138. The highest BCUT2D eigenvalue weighted by atomic mass is 16.5. The number of nitrogens with two attached hydrogens (primary N) is 1. The van der Waals surface area contributed by atoms with Crippen molar-refractivity contribution in [2.75, 3.05) is 0 Å². The second kappa shape index (κ2) is 8.15. The number of ether oxygens (including phenoxy) is 1. The molecule has 1 rings (SSSR count). The summed E-state index contributed by atoms with van der Waals surface area (Å²) in [5.41, 5.74) is 6.09. The molecule has 5 heteroatoms. The summed E-state index contributed by atoms with van der Waals surface area (Å²) in [7, 11) is 0. The molecular weight excluding hydrogens is 282 g/mol. The Balaban J connectivity index is 0.000000433. The zero-order chi connectivity index (χ0) is 17.6. The van der Waals surface area contributed by atoms with Crippen LogP contribution < -0.4 is 5.73 Å². The van der Waals surface area contributed by atoms with E-state index in [0.717, 1.165) is 5.56 Å². The maximum Gasteiger partial charge on any atom is 0.320 e. The van der Waals surface area contributed by atoms with E-state index in [1.807, 2.05) is 0 Å². The third-order valence-electron chi connectivity index (χ3n) is 2.32. The Morgan fingerprint density at radius 3 is 1.77 bits per heavy atom. The van der Waals surface area contributed by atoms with Crippen LogP contribution in [-0.4, -0.2) is 33.4 Å². The van der Waals surface area contributed by atoms with Crippen LogP contribution >= 0.6 is 0 Å². The van der Waals surface area contributed by atoms with Gasteiger partial charge in [0.1, 0.15) is 11.8 Å². The van der Waals surface area contributed by atoms with Crippen molar-refractivity contribution in [1.29, 1.82) is 0 Å². The molecule has 22 heavy (non-hydrogen) atoms. The van der Waals surface area contributed by atoms with Gasteiger partial charge in [0.05, 0.1) is 11.2 Å². The average molecular weight is 311 g/mol. The van der Waals surface area contributed by atoms with Gasteiger partial charge in [-0.3, -0.25) is 4.79 Å². The van der Waals surface area contributed by atoms with Gasteiger partial charge in [-0.1, -0.05) is 12.1 Å². The van der Waals surface area contributed by atoms with Crippen LogP contribution in [0.15, 0.2) is 24.3 Å². The van der Waals surface area contributed by atoms with Crippen LogP contribution in [-0.2, 0) is 16.0 Å². The molecule has 5 nitrogen and oxygen atoms in total. The van der Waals surface area contributed by atoms with Crippen molar-refractivity contribution in [1.82, 2.24) is 0 Å². The van der Waals surface area contributed by atoms with E-state index >= 15 is 0 Å². The molecule has 0 radical (unpaired) electrons. The molecule has 1 aromatic rings. The second-order valence-electron chi connectivity index (χ2n) is 7.14. The van der Waals surface area contributed by atoms with E-state index in [9.17, 15) is 4.79 Å². The molecule has 0 aliphatic rings. The molecule has 1 atom stereocenters. The Labute approximate surface area is 133 Å². The monoisotopic (exact) mass is 311 g/mol. The first-order valence-corrected chi connectivity index (χ1v) is 7.26. The highest BCUT2D eigenvalue weighted by Crippen LogP contribution is 2.18. The minimum absolute atomic E-state index is 0.0156. The SMILES string of the molecule is CC(C)(C)OC(C)(C)C.N[C@H](Cc1ccc(O)cc1)C(=O)O. The molecule has 0 aromatic heterocycles. The number of hydrogen-bond acceptors (Lipinski definition) is 4. The third kappa shape index (κ3) is 11.1. The van der Waals surface area contributed by atoms with E-state index in [2.05, 4.69) is 41.5 Å². The first kappa shape index (κ1) is 20.4. The fourth-order valence-corrected chi connectivity index (χ4v) is 1.89. The van der Waals surface area contributed by atoms with E-state index in [1.54, 1.807) is 12.1 Å². The molecule has 0 heterocycles. The summed E-state index contributed by atoms with van der Waals surface area (Å²) in [5.74, 6) is -0.860. The van der Waals surface area contributed by atoms with Crippen LogP contribution in [0.1, 0.15) is 47.1 Å². The van der Waals surface area contributed by atoms with Crippen molar-refractivity contribution in [3.63, 3.8) is 0 Å². The molecule has 0 unspecified atom stereocenters. The predicted octanol–water partition coefficient (Wildman–Crippen LogP) is 2.95. The van der Waals surface area contributed by atoms with Crippen molar-refractivity contribution in [2.45, 2.75) is 65.2 Å². The zero-order valence-electron chi connectivity index (χ0n) is 14.4. The van der Waals surface area contributed by atoms with Gasteiger partial charge in [-0.05, 0) is 65.7 Å². The summed E-state index contributed by atoms with van der Waals surface area (Å²) in [4.78, 5) is 10.4. The Morgan fingerprint density at radius 2 is 1.50 bits per heavy atom. The largest absolute Gasteiger partial charge is 0.508 e. The summed E-state index contributed by atoms with van der Waals surface area (Å²) in [5, 5.41) is 17.5. The summed E-state index contributed by atoms with van der Waals surface area (Å²) in [6.45, 7) is 12.4. The first-order chi connectivity index (χ1) is 9.80. The number of benzene rings is 1. The molecule has 0 bridgehead atoms. The van der Waals surface area contributed by atoms with Crippen LogP contribution in [0.2, 0.25) is 0 Å². The molecule has 0 fully saturated rings. The molecule has 0 saturated carbocycles. The summed E-state index contributed by atoms with van der Waals surface area (Å²) < 4.78 is 5.62. The number of carbonyl (C=O) groups is 1. The number of rotatable bonds is 3. The van der Waals surface area contributed by atoms with Crippen LogP contribution in [0.25, 0.3) is 0 Å². The van der Waals surface area contributed by atoms with E-state index in [0.29, 0.717) is 0 Å². The van der Waals surface area contributed by atoms with Gasteiger partial charge >= 0.3 is 5.97 Å². The molecular formula is C17H29NO4. The highest BCUT2D eigenvalue weighted by Gasteiger charge is 2.20. The molecule has 0 aliphatic heterocycles. The molecule has 0 amide bonds. The number of carboxylic acids is 1. The Kier molecular flexibility index (Phi) is 7.56. The van der Waals surface area contributed by atoms with Gasteiger partial charge in [0, 0.05) is 0 Å². The van der Waals surface area contributed by atoms with Crippen LogP contribution in [0.3, 0.4) is 0 Å². The standard InChI is InChI=1S/C9H11NO3.C8H18O/c10-8(9(12)13)5-6-1-3-7(11)4-2-6;1-7(2,3)9-8(4,5)6/h1-4,8,11H,5,10H2,(H,12,13);1-6H3/t8-;/m1./s1. The van der Waals surface area contributed by atoms with Gasteiger partial charge in [-0.2, -0.15) is 0 Å². The summed E-state index contributed by atoms with van der Waals surface area (Å²) >= 11 is 0. The van der Waals surface area contributed by atoms with Gasteiger partial charge in [0.15, 0.2) is 0 Å². The van der Waals surface area contributed by atoms with Gasteiger partial charge in [-0.25, -0.2) is 0 Å². The van der Waals surface area contributed by atoms with Gasteiger partial charge in [-0.15, -0.1) is 0 Å². The van der Waals surface area contributed by atoms with Gasteiger partial charge in [0.25, 0.3) is 0 Å². The van der Waals surface area contributed by atoms with Crippen molar-refractivity contribution in [3.05, 3.63) is 29.8 Å². The minimum atomic E-state index is -1.02. The van der Waals surface area contributed by atoms with Gasteiger partial charge in [0.2, 0.25) is 0 Å². The smallest absolute Gasteiger partial charge is 0.320 e. The van der Waals surface area contributed by atoms with Crippen molar-refractivity contribution < 1.29 is 19.7 Å². The fourth-order valence-electron chi connectivity index (χ4n) is 1.89.